The SMILES string of the molecule is CCn1cc(C(C)(N)c2ccccc2OC)cn1. The van der Waals surface area contributed by atoms with Gasteiger partial charge in [-0.15, -0.1) is 0 Å². The molecule has 96 valence electrons. The standard InChI is InChI=1S/C14H19N3O/c1-4-17-10-11(9-16-17)14(2,15)12-7-5-6-8-13(12)18-3/h5-10H,4,15H2,1-3H3. The van der Waals surface area contributed by atoms with Crippen LogP contribution in [-0.2, 0) is 12.1 Å². The number of rotatable bonds is 4. The second-order valence-corrected chi connectivity index (χ2v) is 4.49. The largest absolute Gasteiger partial charge is 0.496 e. The first-order valence-electron chi connectivity index (χ1n) is 6.05. The van der Waals surface area contributed by atoms with E-state index in [1.807, 2.05) is 55.2 Å². The molecule has 1 aromatic heterocycles. The van der Waals surface area contributed by atoms with E-state index in [4.69, 9.17) is 10.5 Å². The summed E-state index contributed by atoms with van der Waals surface area (Å²) in [5.41, 5.74) is 7.80. The zero-order valence-corrected chi connectivity index (χ0v) is 11.1. The number of aromatic nitrogens is 2. The van der Waals surface area contributed by atoms with Crippen molar-refractivity contribution < 1.29 is 4.74 Å². The summed E-state index contributed by atoms with van der Waals surface area (Å²) in [4.78, 5) is 0. The average Bonchev–Trinajstić information content (AvgIpc) is 2.88. The predicted molar refractivity (Wildman–Crippen MR) is 71.5 cm³/mol. The van der Waals surface area contributed by atoms with Crippen LogP contribution in [0.1, 0.15) is 25.0 Å². The molecule has 1 unspecified atom stereocenters. The van der Waals surface area contributed by atoms with Crippen molar-refractivity contribution in [2.24, 2.45) is 5.73 Å². The maximum atomic E-state index is 6.47. The molecule has 1 heterocycles. The third-order valence-electron chi connectivity index (χ3n) is 3.22. The number of benzene rings is 1. The summed E-state index contributed by atoms with van der Waals surface area (Å²) in [5, 5.41) is 4.28. The third-order valence-corrected chi connectivity index (χ3v) is 3.22. The van der Waals surface area contributed by atoms with Crippen LogP contribution < -0.4 is 10.5 Å². The lowest BCUT2D eigenvalue weighted by molar-refractivity contribution is 0.399. The number of hydrogen-bond acceptors (Lipinski definition) is 3. The topological polar surface area (TPSA) is 53.1 Å². The van der Waals surface area contributed by atoms with E-state index in [0.717, 1.165) is 23.4 Å². The lowest BCUT2D eigenvalue weighted by Crippen LogP contribution is -2.34. The van der Waals surface area contributed by atoms with Gasteiger partial charge in [0.2, 0.25) is 0 Å². The normalized spacial score (nSPS) is 14.2. The van der Waals surface area contributed by atoms with Gasteiger partial charge in [0.05, 0.1) is 18.8 Å². The van der Waals surface area contributed by atoms with Gasteiger partial charge in [-0.05, 0) is 19.9 Å². The fourth-order valence-corrected chi connectivity index (χ4v) is 2.03. The molecule has 0 fully saturated rings. The maximum Gasteiger partial charge on any atom is 0.124 e. The van der Waals surface area contributed by atoms with Crippen LogP contribution in [0.4, 0.5) is 0 Å². The molecule has 0 aliphatic carbocycles. The zero-order chi connectivity index (χ0) is 13.2. The molecule has 2 rings (SSSR count). The first-order valence-corrected chi connectivity index (χ1v) is 6.05. The molecule has 2 N–H and O–H groups in total. The Morgan fingerprint density at radius 3 is 2.72 bits per heavy atom. The Morgan fingerprint density at radius 1 is 1.39 bits per heavy atom. The molecular formula is C14H19N3O. The molecule has 0 saturated carbocycles. The molecule has 4 nitrogen and oxygen atoms in total. The molecule has 1 aromatic carbocycles. The maximum absolute atomic E-state index is 6.47. The highest BCUT2D eigenvalue weighted by atomic mass is 16.5. The van der Waals surface area contributed by atoms with E-state index in [1.165, 1.54) is 0 Å². The van der Waals surface area contributed by atoms with Crippen LogP contribution in [0.5, 0.6) is 5.75 Å². The summed E-state index contributed by atoms with van der Waals surface area (Å²) in [7, 11) is 1.66. The lowest BCUT2D eigenvalue weighted by Gasteiger charge is -2.25. The Hall–Kier alpha value is -1.81. The minimum atomic E-state index is -0.611. The zero-order valence-electron chi connectivity index (χ0n) is 11.1. The summed E-state index contributed by atoms with van der Waals surface area (Å²) in [6.07, 6.45) is 3.79. The Bertz CT molecular complexity index is 531. The summed E-state index contributed by atoms with van der Waals surface area (Å²) >= 11 is 0. The first-order chi connectivity index (χ1) is 8.59. The van der Waals surface area contributed by atoms with E-state index in [1.54, 1.807) is 7.11 Å². The van der Waals surface area contributed by atoms with Crippen molar-refractivity contribution in [1.82, 2.24) is 9.78 Å². The van der Waals surface area contributed by atoms with Gasteiger partial charge in [-0.3, -0.25) is 4.68 Å². The van der Waals surface area contributed by atoms with Crippen LogP contribution in [-0.4, -0.2) is 16.9 Å². The average molecular weight is 245 g/mol. The van der Waals surface area contributed by atoms with E-state index in [0.29, 0.717) is 0 Å². The van der Waals surface area contributed by atoms with Crippen molar-refractivity contribution >= 4 is 0 Å². The Morgan fingerprint density at radius 2 is 2.11 bits per heavy atom. The van der Waals surface area contributed by atoms with Gasteiger partial charge < -0.3 is 10.5 Å². The van der Waals surface area contributed by atoms with Crippen molar-refractivity contribution in [3.8, 4) is 5.75 Å². The Labute approximate surface area is 107 Å². The second kappa shape index (κ2) is 4.82. The molecule has 4 heteroatoms. The van der Waals surface area contributed by atoms with E-state index >= 15 is 0 Å². The van der Waals surface area contributed by atoms with Gasteiger partial charge in [-0.1, -0.05) is 18.2 Å². The van der Waals surface area contributed by atoms with E-state index in [2.05, 4.69) is 5.10 Å². The summed E-state index contributed by atoms with van der Waals surface area (Å²) in [5.74, 6) is 0.798. The van der Waals surface area contributed by atoms with Crippen molar-refractivity contribution in [1.29, 1.82) is 0 Å². The van der Waals surface area contributed by atoms with Gasteiger partial charge in [0.15, 0.2) is 0 Å². The number of nitrogens with two attached hydrogens (primary N) is 1. The number of ether oxygens (including phenoxy) is 1. The Balaban J connectivity index is 2.46. The van der Waals surface area contributed by atoms with Gasteiger partial charge in [0.1, 0.15) is 5.75 Å². The number of methoxy groups -OCH3 is 1. The van der Waals surface area contributed by atoms with Crippen molar-refractivity contribution in [2.45, 2.75) is 25.9 Å². The molecule has 18 heavy (non-hydrogen) atoms. The van der Waals surface area contributed by atoms with Crippen molar-refractivity contribution in [3.63, 3.8) is 0 Å². The minimum absolute atomic E-state index is 0.611. The summed E-state index contributed by atoms with van der Waals surface area (Å²) in [6.45, 7) is 4.86. The number of hydrogen-bond donors (Lipinski definition) is 1. The number of para-hydroxylation sites is 1. The third kappa shape index (κ3) is 2.11. The highest BCUT2D eigenvalue weighted by molar-refractivity contribution is 5.44. The van der Waals surface area contributed by atoms with Crippen LogP contribution in [0.2, 0.25) is 0 Å². The number of aryl methyl sites for hydroxylation is 1. The molecule has 0 radical (unpaired) electrons. The van der Waals surface area contributed by atoms with Crippen molar-refractivity contribution in [2.75, 3.05) is 7.11 Å². The van der Waals surface area contributed by atoms with E-state index in [9.17, 15) is 0 Å². The molecule has 0 aliphatic heterocycles. The predicted octanol–water partition coefficient (Wildman–Crippen LogP) is 2.13. The van der Waals surface area contributed by atoms with Crippen LogP contribution in [0.25, 0.3) is 0 Å². The van der Waals surface area contributed by atoms with E-state index in [-0.39, 0.29) is 0 Å². The van der Waals surface area contributed by atoms with Crippen LogP contribution >= 0.6 is 0 Å². The fourth-order valence-electron chi connectivity index (χ4n) is 2.03. The van der Waals surface area contributed by atoms with E-state index < -0.39 is 5.54 Å². The molecule has 0 saturated heterocycles. The lowest BCUT2D eigenvalue weighted by atomic mass is 9.87. The molecular weight excluding hydrogens is 226 g/mol. The van der Waals surface area contributed by atoms with Crippen LogP contribution in [0.3, 0.4) is 0 Å². The van der Waals surface area contributed by atoms with Gasteiger partial charge in [0, 0.05) is 23.9 Å². The van der Waals surface area contributed by atoms with Gasteiger partial charge >= 0.3 is 0 Å². The van der Waals surface area contributed by atoms with Gasteiger partial charge in [-0.2, -0.15) is 5.10 Å². The number of nitrogens with zero attached hydrogens (tertiary/aromatic N) is 2. The van der Waals surface area contributed by atoms with Crippen LogP contribution in [0, 0.1) is 0 Å². The smallest absolute Gasteiger partial charge is 0.124 e. The quantitative estimate of drug-likeness (QED) is 0.897. The highest BCUT2D eigenvalue weighted by Gasteiger charge is 2.28. The molecule has 2 aromatic rings. The van der Waals surface area contributed by atoms with Crippen LogP contribution in [0.15, 0.2) is 36.7 Å². The molecule has 0 spiro atoms. The molecule has 0 bridgehead atoms. The summed E-state index contributed by atoms with van der Waals surface area (Å²) in [6, 6.07) is 7.81. The second-order valence-electron chi connectivity index (χ2n) is 4.49. The van der Waals surface area contributed by atoms with Crippen molar-refractivity contribution in [3.05, 3.63) is 47.8 Å². The Kier molecular flexibility index (Phi) is 3.39. The molecule has 1 atom stereocenters. The summed E-state index contributed by atoms with van der Waals surface area (Å²) < 4.78 is 7.25. The first kappa shape index (κ1) is 12.6. The monoisotopic (exact) mass is 245 g/mol. The minimum Gasteiger partial charge on any atom is -0.496 e. The molecule has 0 amide bonds. The fraction of sp³-hybridized carbons (Fsp3) is 0.357. The van der Waals surface area contributed by atoms with Gasteiger partial charge in [0.25, 0.3) is 0 Å². The molecule has 0 aliphatic rings. The highest BCUT2D eigenvalue weighted by Crippen LogP contribution is 2.32. The van der Waals surface area contributed by atoms with Gasteiger partial charge in [-0.25, -0.2) is 0 Å².